The lowest BCUT2D eigenvalue weighted by Gasteiger charge is -2.37. The molecule has 1 unspecified atom stereocenters. The van der Waals surface area contributed by atoms with Crippen molar-refractivity contribution in [3.8, 4) is 0 Å². The summed E-state index contributed by atoms with van der Waals surface area (Å²) in [7, 11) is 0. The Kier molecular flexibility index (Phi) is 3.50. The van der Waals surface area contributed by atoms with Crippen molar-refractivity contribution in [2.24, 2.45) is 0 Å². The van der Waals surface area contributed by atoms with Gasteiger partial charge >= 0.3 is 0 Å². The maximum Gasteiger partial charge on any atom is 0.271 e. The first-order valence-corrected chi connectivity index (χ1v) is 7.05. The average Bonchev–Trinajstić information content (AvgIpc) is 2.54. The number of carbonyl (C=O) groups excluding carboxylic acids is 1. The second-order valence-electron chi connectivity index (χ2n) is 5.07. The van der Waals surface area contributed by atoms with Crippen LogP contribution in [-0.4, -0.2) is 17.0 Å². The molecule has 0 aromatic heterocycles. The number of carbonyl (C=O) groups is 1. The molecule has 1 aliphatic rings. The van der Waals surface area contributed by atoms with Crippen LogP contribution in [0.4, 0.5) is 17.1 Å². The van der Waals surface area contributed by atoms with Crippen LogP contribution >= 0.6 is 0 Å². The number of para-hydroxylation sites is 1. The number of rotatable bonds is 3. The molecule has 2 aromatic rings. The molecule has 112 valence electrons. The van der Waals surface area contributed by atoms with Crippen molar-refractivity contribution >= 4 is 23.0 Å². The van der Waals surface area contributed by atoms with Gasteiger partial charge in [-0.05, 0) is 24.6 Å². The Morgan fingerprint density at radius 1 is 1.23 bits per heavy atom. The summed E-state index contributed by atoms with van der Waals surface area (Å²) in [6.45, 7) is 1.96. The van der Waals surface area contributed by atoms with Gasteiger partial charge in [-0.1, -0.05) is 25.1 Å². The van der Waals surface area contributed by atoms with E-state index >= 15 is 0 Å². The van der Waals surface area contributed by atoms with Crippen LogP contribution in [-0.2, 0) is 0 Å². The molecular weight excluding hydrogens is 282 g/mol. The molecule has 1 aliphatic heterocycles. The van der Waals surface area contributed by atoms with E-state index in [9.17, 15) is 14.9 Å². The van der Waals surface area contributed by atoms with Crippen LogP contribution in [0.5, 0.6) is 0 Å². The van der Waals surface area contributed by atoms with Gasteiger partial charge in [-0.3, -0.25) is 19.8 Å². The average molecular weight is 297 g/mol. The van der Waals surface area contributed by atoms with Crippen LogP contribution in [0, 0.1) is 10.1 Å². The van der Waals surface area contributed by atoms with E-state index in [-0.39, 0.29) is 17.8 Å². The minimum absolute atomic E-state index is 0.0287. The maximum absolute atomic E-state index is 12.8. The topological polar surface area (TPSA) is 75.5 Å². The zero-order chi connectivity index (χ0) is 15.7. The minimum Gasteiger partial charge on any atom is -0.364 e. The molecule has 1 N–H and O–H groups in total. The summed E-state index contributed by atoms with van der Waals surface area (Å²) in [5, 5.41) is 14.3. The van der Waals surface area contributed by atoms with Crippen LogP contribution in [0.2, 0.25) is 0 Å². The van der Waals surface area contributed by atoms with Gasteiger partial charge in [0.25, 0.3) is 11.6 Å². The van der Waals surface area contributed by atoms with Crippen molar-refractivity contribution in [3.63, 3.8) is 0 Å². The lowest BCUT2D eigenvalue weighted by Crippen LogP contribution is -2.48. The zero-order valence-electron chi connectivity index (χ0n) is 12.0. The Hall–Kier alpha value is -2.89. The predicted octanol–water partition coefficient (Wildman–Crippen LogP) is 3.40. The fraction of sp³-hybridized carbons (Fsp3) is 0.188. The van der Waals surface area contributed by atoms with Crippen molar-refractivity contribution in [1.29, 1.82) is 0 Å². The fourth-order valence-corrected chi connectivity index (χ4v) is 2.65. The standard InChI is InChI=1S/C16H15N3O3/c1-2-15-17-14-9-4-3-8-13(14)16(20)18(15)11-6-5-7-12(10-11)19(21)22/h3-10,15,17H,2H2,1H3. The van der Waals surface area contributed by atoms with Crippen molar-refractivity contribution in [2.75, 3.05) is 10.2 Å². The Balaban J connectivity index is 2.07. The number of nitrogens with zero attached hydrogens (tertiary/aromatic N) is 2. The molecular formula is C16H15N3O3. The second-order valence-corrected chi connectivity index (χ2v) is 5.07. The SMILES string of the molecule is CCC1Nc2ccccc2C(=O)N1c1cccc([N+](=O)[O-])c1. The third-order valence-electron chi connectivity index (χ3n) is 3.72. The quantitative estimate of drug-likeness (QED) is 0.696. The fourth-order valence-electron chi connectivity index (χ4n) is 2.65. The number of nitrogens with one attached hydrogen (secondary N) is 1. The Morgan fingerprint density at radius 2 is 2.00 bits per heavy atom. The van der Waals surface area contributed by atoms with E-state index in [1.54, 1.807) is 29.2 Å². The Morgan fingerprint density at radius 3 is 2.73 bits per heavy atom. The number of benzene rings is 2. The largest absolute Gasteiger partial charge is 0.364 e. The molecule has 0 aliphatic carbocycles. The number of non-ortho nitro benzene ring substituents is 1. The highest BCUT2D eigenvalue weighted by molar-refractivity contribution is 6.12. The number of fused-ring (bicyclic) bond motifs is 1. The molecule has 1 atom stereocenters. The summed E-state index contributed by atoms with van der Waals surface area (Å²) in [4.78, 5) is 24.9. The molecule has 2 aromatic carbocycles. The summed E-state index contributed by atoms with van der Waals surface area (Å²) in [6, 6.07) is 13.4. The maximum atomic E-state index is 12.8. The highest BCUT2D eigenvalue weighted by atomic mass is 16.6. The Labute approximate surface area is 127 Å². The number of amides is 1. The third kappa shape index (κ3) is 2.28. The van der Waals surface area contributed by atoms with E-state index < -0.39 is 4.92 Å². The van der Waals surface area contributed by atoms with Crippen LogP contribution in [0.25, 0.3) is 0 Å². The summed E-state index contributed by atoms with van der Waals surface area (Å²) < 4.78 is 0. The van der Waals surface area contributed by atoms with Gasteiger partial charge in [-0.15, -0.1) is 0 Å². The van der Waals surface area contributed by atoms with Crippen LogP contribution in [0.1, 0.15) is 23.7 Å². The molecule has 0 radical (unpaired) electrons. The van der Waals surface area contributed by atoms with Crippen molar-refractivity contribution in [2.45, 2.75) is 19.5 Å². The van der Waals surface area contributed by atoms with Gasteiger partial charge in [0.05, 0.1) is 16.2 Å². The van der Waals surface area contributed by atoms with E-state index in [0.29, 0.717) is 17.7 Å². The van der Waals surface area contributed by atoms with E-state index in [4.69, 9.17) is 0 Å². The van der Waals surface area contributed by atoms with Gasteiger partial charge < -0.3 is 5.32 Å². The first kappa shape index (κ1) is 14.1. The smallest absolute Gasteiger partial charge is 0.271 e. The molecule has 6 nitrogen and oxygen atoms in total. The third-order valence-corrected chi connectivity index (χ3v) is 3.72. The number of hydrogen-bond acceptors (Lipinski definition) is 4. The van der Waals surface area contributed by atoms with E-state index in [1.165, 1.54) is 12.1 Å². The predicted molar refractivity (Wildman–Crippen MR) is 84.0 cm³/mol. The molecule has 0 bridgehead atoms. The van der Waals surface area contributed by atoms with Gasteiger partial charge in [0.15, 0.2) is 0 Å². The molecule has 0 spiro atoms. The zero-order valence-corrected chi connectivity index (χ0v) is 12.0. The highest BCUT2D eigenvalue weighted by Gasteiger charge is 2.32. The number of hydrogen-bond donors (Lipinski definition) is 1. The van der Waals surface area contributed by atoms with Crippen molar-refractivity contribution in [1.82, 2.24) is 0 Å². The van der Waals surface area contributed by atoms with E-state index in [0.717, 1.165) is 5.69 Å². The lowest BCUT2D eigenvalue weighted by molar-refractivity contribution is -0.384. The van der Waals surface area contributed by atoms with E-state index in [2.05, 4.69) is 5.32 Å². The molecule has 3 rings (SSSR count). The van der Waals surface area contributed by atoms with E-state index in [1.807, 2.05) is 19.1 Å². The summed E-state index contributed by atoms with van der Waals surface area (Å²) in [5.74, 6) is -0.151. The molecule has 1 amide bonds. The van der Waals surface area contributed by atoms with Crippen LogP contribution in [0.3, 0.4) is 0 Å². The molecule has 0 saturated heterocycles. The number of nitro benzene ring substituents is 1. The summed E-state index contributed by atoms with van der Waals surface area (Å²) in [6.07, 6.45) is 0.451. The first-order chi connectivity index (χ1) is 10.6. The minimum atomic E-state index is -0.458. The van der Waals surface area contributed by atoms with Gasteiger partial charge in [0, 0.05) is 17.8 Å². The van der Waals surface area contributed by atoms with Crippen molar-refractivity contribution in [3.05, 3.63) is 64.2 Å². The Bertz CT molecular complexity index is 745. The number of nitro groups is 1. The van der Waals surface area contributed by atoms with Gasteiger partial charge in [-0.25, -0.2) is 0 Å². The second kappa shape index (κ2) is 5.48. The molecule has 1 heterocycles. The van der Waals surface area contributed by atoms with Gasteiger partial charge in [0.1, 0.15) is 6.17 Å². The molecule has 6 heteroatoms. The molecule has 22 heavy (non-hydrogen) atoms. The first-order valence-electron chi connectivity index (χ1n) is 7.05. The van der Waals surface area contributed by atoms with Crippen molar-refractivity contribution < 1.29 is 9.72 Å². The monoisotopic (exact) mass is 297 g/mol. The van der Waals surface area contributed by atoms with Crippen LogP contribution < -0.4 is 10.2 Å². The van der Waals surface area contributed by atoms with Gasteiger partial charge in [-0.2, -0.15) is 0 Å². The summed E-state index contributed by atoms with van der Waals surface area (Å²) >= 11 is 0. The molecule has 0 saturated carbocycles. The van der Waals surface area contributed by atoms with Crippen LogP contribution in [0.15, 0.2) is 48.5 Å². The normalized spacial score (nSPS) is 16.9. The number of anilines is 2. The summed E-state index contributed by atoms with van der Waals surface area (Å²) in [5.41, 5.74) is 1.85. The van der Waals surface area contributed by atoms with Gasteiger partial charge in [0.2, 0.25) is 0 Å². The molecule has 0 fully saturated rings. The lowest BCUT2D eigenvalue weighted by atomic mass is 10.1. The highest BCUT2D eigenvalue weighted by Crippen LogP contribution is 2.31.